The van der Waals surface area contributed by atoms with Gasteiger partial charge in [-0.3, -0.25) is 9.78 Å². The van der Waals surface area contributed by atoms with Crippen LogP contribution in [-0.4, -0.2) is 35.8 Å². The molecule has 1 atom stereocenters. The minimum absolute atomic E-state index is 0.00509. The van der Waals surface area contributed by atoms with E-state index in [2.05, 4.69) is 10.3 Å². The van der Waals surface area contributed by atoms with Gasteiger partial charge in [0.25, 0.3) is 5.91 Å². The molecule has 1 aromatic heterocycles. The van der Waals surface area contributed by atoms with E-state index in [0.717, 1.165) is 11.3 Å². The zero-order valence-corrected chi connectivity index (χ0v) is 14.2. The number of aromatic nitrogens is 1. The fourth-order valence-corrected chi connectivity index (χ4v) is 2.28. The van der Waals surface area contributed by atoms with Crippen LogP contribution in [0.1, 0.15) is 16.8 Å². The molecule has 0 aliphatic carbocycles. The highest BCUT2D eigenvalue weighted by atomic mass is 16.5. The van der Waals surface area contributed by atoms with E-state index < -0.39 is 0 Å². The summed E-state index contributed by atoms with van der Waals surface area (Å²) in [5, 5.41) is 12.3. The molecule has 24 heavy (non-hydrogen) atoms. The molecule has 0 fully saturated rings. The van der Waals surface area contributed by atoms with Gasteiger partial charge in [0, 0.05) is 31.0 Å². The maximum Gasteiger partial charge on any atom is 0.257 e. The van der Waals surface area contributed by atoms with Crippen molar-refractivity contribution in [2.45, 2.75) is 20.3 Å². The highest BCUT2D eigenvalue weighted by Gasteiger charge is 2.11. The van der Waals surface area contributed by atoms with Gasteiger partial charge >= 0.3 is 0 Å². The molecule has 2 N–H and O–H groups in total. The Morgan fingerprint density at radius 1 is 1.25 bits per heavy atom. The Morgan fingerprint density at radius 3 is 2.75 bits per heavy atom. The number of nitrogens with zero attached hydrogens (tertiary/aromatic N) is 1. The van der Waals surface area contributed by atoms with Gasteiger partial charge in [-0.15, -0.1) is 0 Å². The molecule has 0 saturated carbocycles. The summed E-state index contributed by atoms with van der Waals surface area (Å²) < 4.78 is 5.50. The Kier molecular flexibility index (Phi) is 6.75. The van der Waals surface area contributed by atoms with Gasteiger partial charge in [-0.1, -0.05) is 12.1 Å². The first-order valence-corrected chi connectivity index (χ1v) is 8.06. The van der Waals surface area contributed by atoms with E-state index in [0.29, 0.717) is 18.7 Å². The van der Waals surface area contributed by atoms with Crippen LogP contribution >= 0.6 is 0 Å². The Balaban J connectivity index is 1.76. The number of amides is 1. The van der Waals surface area contributed by atoms with E-state index in [9.17, 15) is 9.90 Å². The SMILES string of the molecule is Cc1ccc(OCC(=O)NCC(CO)Cc2ccccn2)cc1C. The van der Waals surface area contributed by atoms with E-state index in [1.807, 2.05) is 50.2 Å². The fourth-order valence-electron chi connectivity index (χ4n) is 2.28. The zero-order chi connectivity index (χ0) is 17.4. The van der Waals surface area contributed by atoms with Crippen molar-refractivity contribution in [2.24, 2.45) is 5.92 Å². The van der Waals surface area contributed by atoms with Crippen LogP contribution in [0.2, 0.25) is 0 Å². The van der Waals surface area contributed by atoms with Gasteiger partial charge < -0.3 is 15.2 Å². The monoisotopic (exact) mass is 328 g/mol. The van der Waals surface area contributed by atoms with E-state index in [4.69, 9.17) is 4.74 Å². The predicted octanol–water partition coefficient (Wildman–Crippen LogP) is 2.04. The first-order chi connectivity index (χ1) is 11.6. The molecule has 0 spiro atoms. The van der Waals surface area contributed by atoms with Crippen LogP contribution in [0.5, 0.6) is 5.75 Å². The van der Waals surface area contributed by atoms with Crippen molar-refractivity contribution in [3.63, 3.8) is 0 Å². The molecule has 2 rings (SSSR count). The van der Waals surface area contributed by atoms with Gasteiger partial charge in [0.1, 0.15) is 5.75 Å². The van der Waals surface area contributed by atoms with Gasteiger partial charge in [0.2, 0.25) is 0 Å². The fraction of sp³-hybridized carbons (Fsp3) is 0.368. The number of carbonyl (C=O) groups is 1. The second-order valence-corrected chi connectivity index (χ2v) is 5.91. The molecule has 128 valence electrons. The van der Waals surface area contributed by atoms with Gasteiger partial charge in [-0.2, -0.15) is 0 Å². The van der Waals surface area contributed by atoms with Crippen LogP contribution < -0.4 is 10.1 Å². The molecular formula is C19H24N2O3. The Bertz CT molecular complexity index is 659. The molecule has 0 aliphatic rings. The maximum atomic E-state index is 11.9. The number of hydrogen-bond donors (Lipinski definition) is 2. The molecule has 1 aromatic carbocycles. The van der Waals surface area contributed by atoms with Crippen molar-refractivity contribution in [2.75, 3.05) is 19.8 Å². The first kappa shape index (κ1) is 17.9. The van der Waals surface area contributed by atoms with Crippen LogP contribution in [0.4, 0.5) is 0 Å². The van der Waals surface area contributed by atoms with Crippen molar-refractivity contribution in [1.29, 1.82) is 0 Å². The van der Waals surface area contributed by atoms with Crippen LogP contribution in [0.25, 0.3) is 0 Å². The quantitative estimate of drug-likeness (QED) is 0.778. The summed E-state index contributed by atoms with van der Waals surface area (Å²) in [5.41, 5.74) is 3.22. The van der Waals surface area contributed by atoms with Crippen LogP contribution in [0.15, 0.2) is 42.6 Å². The summed E-state index contributed by atoms with van der Waals surface area (Å²) >= 11 is 0. The van der Waals surface area contributed by atoms with E-state index in [1.54, 1.807) is 6.20 Å². The van der Waals surface area contributed by atoms with Gasteiger partial charge in [0.15, 0.2) is 6.61 Å². The lowest BCUT2D eigenvalue weighted by Gasteiger charge is -2.15. The third-order valence-corrected chi connectivity index (χ3v) is 3.92. The Hall–Kier alpha value is -2.40. The second-order valence-electron chi connectivity index (χ2n) is 5.91. The minimum atomic E-state index is -0.201. The van der Waals surface area contributed by atoms with E-state index in [1.165, 1.54) is 5.56 Å². The number of nitrogens with one attached hydrogen (secondary N) is 1. The summed E-state index contributed by atoms with van der Waals surface area (Å²) in [6, 6.07) is 11.4. The summed E-state index contributed by atoms with van der Waals surface area (Å²) in [6.45, 7) is 4.38. The molecule has 0 saturated heterocycles. The third-order valence-electron chi connectivity index (χ3n) is 3.92. The second kappa shape index (κ2) is 9.03. The third kappa shape index (κ3) is 5.66. The number of aliphatic hydroxyl groups is 1. The van der Waals surface area contributed by atoms with Crippen molar-refractivity contribution >= 4 is 5.91 Å². The normalized spacial score (nSPS) is 11.8. The molecular weight excluding hydrogens is 304 g/mol. The van der Waals surface area contributed by atoms with Crippen molar-refractivity contribution in [3.8, 4) is 5.75 Å². The van der Waals surface area contributed by atoms with E-state index >= 15 is 0 Å². The number of aryl methyl sites for hydroxylation is 2. The molecule has 1 unspecified atom stereocenters. The molecule has 0 bridgehead atoms. The minimum Gasteiger partial charge on any atom is -0.484 e. The number of rotatable bonds is 8. The Labute approximate surface area is 142 Å². The maximum absolute atomic E-state index is 11.9. The van der Waals surface area contributed by atoms with Crippen LogP contribution in [-0.2, 0) is 11.2 Å². The molecule has 1 amide bonds. The van der Waals surface area contributed by atoms with Crippen molar-refractivity contribution in [1.82, 2.24) is 10.3 Å². The lowest BCUT2D eigenvalue weighted by atomic mass is 10.0. The summed E-state index contributed by atoms with van der Waals surface area (Å²) in [7, 11) is 0. The van der Waals surface area contributed by atoms with Crippen molar-refractivity contribution in [3.05, 3.63) is 59.4 Å². The number of pyridine rings is 1. The summed E-state index contributed by atoms with van der Waals surface area (Å²) in [4.78, 5) is 16.1. The topological polar surface area (TPSA) is 71.5 Å². The molecule has 5 nitrogen and oxygen atoms in total. The van der Waals surface area contributed by atoms with Gasteiger partial charge in [-0.25, -0.2) is 0 Å². The number of ether oxygens (including phenoxy) is 1. The molecule has 0 radical (unpaired) electrons. The zero-order valence-electron chi connectivity index (χ0n) is 14.2. The summed E-state index contributed by atoms with van der Waals surface area (Å²) in [6.07, 6.45) is 2.34. The van der Waals surface area contributed by atoms with Gasteiger partial charge in [0.05, 0.1) is 0 Å². The molecule has 2 aromatic rings. The number of benzene rings is 1. The number of hydrogen-bond acceptors (Lipinski definition) is 4. The highest BCUT2D eigenvalue weighted by molar-refractivity contribution is 5.77. The van der Waals surface area contributed by atoms with Crippen molar-refractivity contribution < 1.29 is 14.6 Å². The van der Waals surface area contributed by atoms with E-state index in [-0.39, 0.29) is 25.0 Å². The van der Waals surface area contributed by atoms with Gasteiger partial charge in [-0.05, 0) is 55.7 Å². The average molecular weight is 328 g/mol. The average Bonchev–Trinajstić information content (AvgIpc) is 2.60. The lowest BCUT2D eigenvalue weighted by molar-refractivity contribution is -0.123. The molecule has 5 heteroatoms. The largest absolute Gasteiger partial charge is 0.484 e. The number of aliphatic hydroxyl groups excluding tert-OH is 1. The predicted molar refractivity (Wildman–Crippen MR) is 92.9 cm³/mol. The lowest BCUT2D eigenvalue weighted by Crippen LogP contribution is -2.35. The number of carbonyl (C=O) groups excluding carboxylic acids is 1. The highest BCUT2D eigenvalue weighted by Crippen LogP contribution is 2.16. The first-order valence-electron chi connectivity index (χ1n) is 8.06. The standard InChI is InChI=1S/C19H24N2O3/c1-14-6-7-18(9-15(14)2)24-13-19(23)21-11-16(12-22)10-17-5-3-4-8-20-17/h3-9,16,22H,10-13H2,1-2H3,(H,21,23). The van der Waals surface area contributed by atoms with Crippen LogP contribution in [0, 0.1) is 19.8 Å². The smallest absolute Gasteiger partial charge is 0.257 e. The molecule has 0 aliphatic heterocycles. The molecule has 1 heterocycles. The Morgan fingerprint density at radius 2 is 2.08 bits per heavy atom. The van der Waals surface area contributed by atoms with Crippen LogP contribution in [0.3, 0.4) is 0 Å². The summed E-state index contributed by atoms with van der Waals surface area (Å²) in [5.74, 6) is 0.415.